The van der Waals surface area contributed by atoms with Crippen molar-refractivity contribution in [3.05, 3.63) is 0 Å². The predicted molar refractivity (Wildman–Crippen MR) is 43.2 cm³/mol. The molecule has 2 fully saturated rings. The van der Waals surface area contributed by atoms with E-state index in [9.17, 15) is 8.42 Å². The first-order valence-electron chi connectivity index (χ1n) is 4.07. The van der Waals surface area contributed by atoms with Crippen LogP contribution in [0, 0.1) is 0 Å². The van der Waals surface area contributed by atoms with Gasteiger partial charge in [0.25, 0.3) is 0 Å². The van der Waals surface area contributed by atoms with Crippen molar-refractivity contribution < 1.29 is 8.42 Å². The maximum atomic E-state index is 11.1. The Morgan fingerprint density at radius 3 is 2.00 bits per heavy atom. The van der Waals surface area contributed by atoms with Crippen LogP contribution < -0.4 is 5.32 Å². The summed E-state index contributed by atoms with van der Waals surface area (Å²) in [5.41, 5.74) is 0.228. The lowest BCUT2D eigenvalue weighted by atomic mass is 9.82. The van der Waals surface area contributed by atoms with E-state index in [0.29, 0.717) is 11.5 Å². The molecular formula is C7H13NO2S. The average molecular weight is 175 g/mol. The topological polar surface area (TPSA) is 46.2 Å². The first-order valence-corrected chi connectivity index (χ1v) is 5.90. The van der Waals surface area contributed by atoms with E-state index in [-0.39, 0.29) is 5.54 Å². The van der Waals surface area contributed by atoms with E-state index in [0.717, 1.165) is 19.4 Å². The molecule has 64 valence electrons. The van der Waals surface area contributed by atoms with Crippen molar-refractivity contribution in [1.29, 1.82) is 0 Å². The van der Waals surface area contributed by atoms with Gasteiger partial charge in [0.05, 0.1) is 11.5 Å². The quantitative estimate of drug-likeness (QED) is 0.560. The Bertz CT molecular complexity index is 238. The Morgan fingerprint density at radius 2 is 1.64 bits per heavy atom. The summed E-state index contributed by atoms with van der Waals surface area (Å²) in [7, 11) is -2.67. The van der Waals surface area contributed by atoms with Crippen LogP contribution in [0.2, 0.25) is 0 Å². The zero-order chi connectivity index (χ0) is 7.95. The van der Waals surface area contributed by atoms with Crippen LogP contribution in [0.15, 0.2) is 0 Å². The number of hydrogen-bond acceptors (Lipinski definition) is 3. The van der Waals surface area contributed by atoms with Crippen LogP contribution in [-0.2, 0) is 9.84 Å². The fourth-order valence-electron chi connectivity index (χ4n) is 1.83. The number of nitrogens with one attached hydrogen (secondary N) is 1. The molecule has 0 bridgehead atoms. The molecule has 0 amide bonds. The second-order valence-corrected chi connectivity index (χ2v) is 5.91. The van der Waals surface area contributed by atoms with Crippen LogP contribution in [-0.4, -0.2) is 32.0 Å². The molecule has 1 N–H and O–H groups in total. The van der Waals surface area contributed by atoms with Crippen molar-refractivity contribution in [2.45, 2.75) is 24.8 Å². The number of rotatable bonds is 0. The van der Waals surface area contributed by atoms with E-state index in [2.05, 4.69) is 5.32 Å². The summed E-state index contributed by atoms with van der Waals surface area (Å²) < 4.78 is 22.1. The summed E-state index contributed by atoms with van der Waals surface area (Å²) in [5, 5.41) is 3.33. The summed E-state index contributed by atoms with van der Waals surface area (Å²) in [5.74, 6) is 0.778. The SMILES string of the molecule is O=S1(=O)CCC2(CCN2)CC1. The molecular weight excluding hydrogens is 162 g/mol. The van der Waals surface area contributed by atoms with Crippen LogP contribution in [0.25, 0.3) is 0 Å². The highest BCUT2D eigenvalue weighted by molar-refractivity contribution is 7.91. The third-order valence-corrected chi connectivity index (χ3v) is 4.54. The molecule has 4 heteroatoms. The average Bonchev–Trinajstić information content (AvgIpc) is 1.84. The fraction of sp³-hybridized carbons (Fsp3) is 1.00. The Morgan fingerprint density at radius 1 is 1.09 bits per heavy atom. The first-order chi connectivity index (χ1) is 5.12. The van der Waals surface area contributed by atoms with E-state index in [4.69, 9.17) is 0 Å². The van der Waals surface area contributed by atoms with Gasteiger partial charge >= 0.3 is 0 Å². The molecule has 0 unspecified atom stereocenters. The first kappa shape index (κ1) is 7.55. The molecule has 3 nitrogen and oxygen atoms in total. The van der Waals surface area contributed by atoms with Gasteiger partial charge in [-0.3, -0.25) is 0 Å². The molecule has 0 radical (unpaired) electrons. The molecule has 0 saturated carbocycles. The molecule has 0 atom stereocenters. The molecule has 0 aromatic rings. The highest BCUT2D eigenvalue weighted by Crippen LogP contribution is 2.31. The number of hydrogen-bond donors (Lipinski definition) is 1. The van der Waals surface area contributed by atoms with Gasteiger partial charge in [-0.15, -0.1) is 0 Å². The second kappa shape index (κ2) is 2.20. The van der Waals surface area contributed by atoms with Gasteiger partial charge in [0.2, 0.25) is 0 Å². The molecule has 1 spiro atoms. The van der Waals surface area contributed by atoms with E-state index < -0.39 is 9.84 Å². The minimum atomic E-state index is -2.67. The summed E-state index contributed by atoms with van der Waals surface area (Å²) in [6.07, 6.45) is 2.83. The maximum Gasteiger partial charge on any atom is 0.150 e. The van der Waals surface area contributed by atoms with Gasteiger partial charge in [-0.25, -0.2) is 8.42 Å². The van der Waals surface area contributed by atoms with Crippen LogP contribution in [0.3, 0.4) is 0 Å². The van der Waals surface area contributed by atoms with Gasteiger partial charge in [0.15, 0.2) is 0 Å². The van der Waals surface area contributed by atoms with E-state index >= 15 is 0 Å². The zero-order valence-corrected chi connectivity index (χ0v) is 7.28. The lowest BCUT2D eigenvalue weighted by Gasteiger charge is -2.45. The van der Waals surface area contributed by atoms with Crippen molar-refractivity contribution in [3.8, 4) is 0 Å². The van der Waals surface area contributed by atoms with Crippen LogP contribution in [0.1, 0.15) is 19.3 Å². The largest absolute Gasteiger partial charge is 0.311 e. The minimum Gasteiger partial charge on any atom is -0.311 e. The van der Waals surface area contributed by atoms with Gasteiger partial charge in [0, 0.05) is 5.54 Å². The zero-order valence-electron chi connectivity index (χ0n) is 6.47. The van der Waals surface area contributed by atoms with Crippen molar-refractivity contribution in [2.24, 2.45) is 0 Å². The van der Waals surface area contributed by atoms with Gasteiger partial charge in [-0.1, -0.05) is 0 Å². The third kappa shape index (κ3) is 1.29. The van der Waals surface area contributed by atoms with Crippen LogP contribution in [0.5, 0.6) is 0 Å². The molecule has 2 rings (SSSR count). The number of sulfone groups is 1. The second-order valence-electron chi connectivity index (χ2n) is 3.61. The molecule has 0 aliphatic carbocycles. The smallest absolute Gasteiger partial charge is 0.150 e. The molecule has 0 aromatic carbocycles. The van der Waals surface area contributed by atoms with Gasteiger partial charge in [0.1, 0.15) is 9.84 Å². The van der Waals surface area contributed by atoms with Gasteiger partial charge in [-0.2, -0.15) is 0 Å². The van der Waals surface area contributed by atoms with Crippen molar-refractivity contribution >= 4 is 9.84 Å². The molecule has 2 aliphatic rings. The summed E-state index contributed by atoms with van der Waals surface area (Å²) in [6, 6.07) is 0. The van der Waals surface area contributed by atoms with Crippen LogP contribution >= 0.6 is 0 Å². The molecule has 2 saturated heterocycles. The monoisotopic (exact) mass is 175 g/mol. The van der Waals surface area contributed by atoms with E-state index in [1.807, 2.05) is 0 Å². The summed E-state index contributed by atoms with van der Waals surface area (Å²) in [4.78, 5) is 0. The lowest BCUT2D eigenvalue weighted by Crippen LogP contribution is -2.60. The van der Waals surface area contributed by atoms with E-state index in [1.54, 1.807) is 0 Å². The Hall–Kier alpha value is -0.0900. The minimum absolute atomic E-state index is 0.228. The van der Waals surface area contributed by atoms with Crippen molar-refractivity contribution in [2.75, 3.05) is 18.1 Å². The molecule has 2 heterocycles. The summed E-state index contributed by atoms with van der Waals surface area (Å²) in [6.45, 7) is 1.07. The highest BCUT2D eigenvalue weighted by atomic mass is 32.2. The summed E-state index contributed by atoms with van der Waals surface area (Å²) >= 11 is 0. The lowest BCUT2D eigenvalue weighted by molar-refractivity contribution is 0.188. The Kier molecular flexibility index (Phi) is 1.51. The Balaban J connectivity index is 2.04. The third-order valence-electron chi connectivity index (χ3n) is 2.89. The standard InChI is InChI=1S/C7H13NO2S/c9-11(10)5-2-7(3-6-11)1-4-8-7/h8H,1-6H2. The molecule has 11 heavy (non-hydrogen) atoms. The fourth-order valence-corrected chi connectivity index (χ4v) is 3.44. The van der Waals surface area contributed by atoms with E-state index in [1.165, 1.54) is 6.42 Å². The Labute approximate surface area is 67.1 Å². The normalized spacial score (nSPS) is 33.1. The predicted octanol–water partition coefficient (Wildman–Crippen LogP) is -0.0729. The maximum absolute atomic E-state index is 11.1. The molecule has 0 aromatic heterocycles. The van der Waals surface area contributed by atoms with Crippen molar-refractivity contribution in [3.63, 3.8) is 0 Å². The molecule has 2 aliphatic heterocycles. The van der Waals surface area contributed by atoms with Gasteiger partial charge < -0.3 is 5.32 Å². The van der Waals surface area contributed by atoms with Crippen molar-refractivity contribution in [1.82, 2.24) is 5.32 Å². The van der Waals surface area contributed by atoms with Crippen LogP contribution in [0.4, 0.5) is 0 Å². The van der Waals surface area contributed by atoms with Gasteiger partial charge in [-0.05, 0) is 25.8 Å². The highest BCUT2D eigenvalue weighted by Gasteiger charge is 2.41.